The van der Waals surface area contributed by atoms with E-state index in [0.717, 1.165) is 31.4 Å². The number of carbonyl (C=O) groups excluding carboxylic acids is 1. The lowest BCUT2D eigenvalue weighted by Crippen LogP contribution is -2.32. The SMILES string of the molecule is O=C1CCCCCN1CCC(O)c1ccccc1. The van der Waals surface area contributed by atoms with Crippen LogP contribution in [0.2, 0.25) is 0 Å². The summed E-state index contributed by atoms with van der Waals surface area (Å²) in [7, 11) is 0. The van der Waals surface area contributed by atoms with Crippen molar-refractivity contribution < 1.29 is 9.90 Å². The summed E-state index contributed by atoms with van der Waals surface area (Å²) >= 11 is 0. The zero-order valence-corrected chi connectivity index (χ0v) is 10.7. The van der Waals surface area contributed by atoms with E-state index in [4.69, 9.17) is 0 Å². The second kappa shape index (κ2) is 6.55. The van der Waals surface area contributed by atoms with Crippen LogP contribution < -0.4 is 0 Å². The molecule has 0 aliphatic carbocycles. The van der Waals surface area contributed by atoms with E-state index in [-0.39, 0.29) is 5.91 Å². The first-order chi connectivity index (χ1) is 8.77. The monoisotopic (exact) mass is 247 g/mol. The zero-order valence-electron chi connectivity index (χ0n) is 10.7. The Morgan fingerprint density at radius 2 is 1.94 bits per heavy atom. The molecule has 1 aliphatic rings. The molecule has 1 unspecified atom stereocenters. The molecule has 1 aromatic carbocycles. The summed E-state index contributed by atoms with van der Waals surface area (Å²) in [5.41, 5.74) is 0.930. The molecule has 0 aromatic heterocycles. The molecule has 1 amide bonds. The van der Waals surface area contributed by atoms with Gasteiger partial charge in [-0.1, -0.05) is 36.8 Å². The molecule has 1 aromatic rings. The molecule has 1 saturated heterocycles. The number of aliphatic hydroxyl groups excluding tert-OH is 1. The van der Waals surface area contributed by atoms with Crippen molar-refractivity contribution in [1.82, 2.24) is 4.90 Å². The largest absolute Gasteiger partial charge is 0.388 e. The number of amides is 1. The summed E-state index contributed by atoms with van der Waals surface area (Å²) < 4.78 is 0. The number of carbonyl (C=O) groups is 1. The van der Waals surface area contributed by atoms with Crippen LogP contribution in [0, 0.1) is 0 Å². The first kappa shape index (κ1) is 13.1. The quantitative estimate of drug-likeness (QED) is 0.888. The van der Waals surface area contributed by atoms with E-state index in [1.165, 1.54) is 0 Å². The Bertz CT molecular complexity index is 377. The van der Waals surface area contributed by atoms with Gasteiger partial charge in [0.25, 0.3) is 0 Å². The Kier molecular flexibility index (Phi) is 4.76. The molecular formula is C15H21NO2. The van der Waals surface area contributed by atoms with Crippen LogP contribution in [0.25, 0.3) is 0 Å². The summed E-state index contributed by atoms with van der Waals surface area (Å²) in [6.45, 7) is 1.51. The third kappa shape index (κ3) is 3.57. The van der Waals surface area contributed by atoms with E-state index in [2.05, 4.69) is 0 Å². The number of hydrogen-bond acceptors (Lipinski definition) is 2. The van der Waals surface area contributed by atoms with Gasteiger partial charge in [-0.15, -0.1) is 0 Å². The van der Waals surface area contributed by atoms with Crippen molar-refractivity contribution >= 4 is 5.91 Å². The van der Waals surface area contributed by atoms with Crippen LogP contribution >= 0.6 is 0 Å². The summed E-state index contributed by atoms with van der Waals surface area (Å²) in [6, 6.07) is 9.64. The first-order valence-corrected chi connectivity index (χ1v) is 6.78. The Morgan fingerprint density at radius 1 is 1.17 bits per heavy atom. The van der Waals surface area contributed by atoms with Crippen LogP contribution in [-0.2, 0) is 4.79 Å². The predicted octanol–water partition coefficient (Wildman–Crippen LogP) is 2.51. The summed E-state index contributed by atoms with van der Waals surface area (Å²) in [5, 5.41) is 10.1. The number of hydrogen-bond donors (Lipinski definition) is 1. The summed E-state index contributed by atoms with van der Waals surface area (Å²) in [4.78, 5) is 13.7. The molecule has 3 nitrogen and oxygen atoms in total. The van der Waals surface area contributed by atoms with Gasteiger partial charge in [-0.25, -0.2) is 0 Å². The highest BCUT2D eigenvalue weighted by Gasteiger charge is 2.17. The lowest BCUT2D eigenvalue weighted by atomic mass is 10.1. The average Bonchev–Trinajstić information content (AvgIpc) is 2.62. The molecule has 0 saturated carbocycles. The van der Waals surface area contributed by atoms with Gasteiger partial charge in [-0.05, 0) is 24.8 Å². The average molecular weight is 247 g/mol. The highest BCUT2D eigenvalue weighted by Crippen LogP contribution is 2.18. The van der Waals surface area contributed by atoms with E-state index < -0.39 is 6.10 Å². The number of rotatable bonds is 4. The second-order valence-corrected chi connectivity index (χ2v) is 4.91. The second-order valence-electron chi connectivity index (χ2n) is 4.91. The Labute approximate surface area is 108 Å². The first-order valence-electron chi connectivity index (χ1n) is 6.78. The third-order valence-corrected chi connectivity index (χ3v) is 3.53. The molecule has 98 valence electrons. The van der Waals surface area contributed by atoms with E-state index in [1.807, 2.05) is 35.2 Å². The van der Waals surface area contributed by atoms with Crippen LogP contribution in [0.5, 0.6) is 0 Å². The topological polar surface area (TPSA) is 40.5 Å². The minimum atomic E-state index is -0.470. The van der Waals surface area contributed by atoms with E-state index in [1.54, 1.807) is 0 Å². The maximum absolute atomic E-state index is 11.8. The third-order valence-electron chi connectivity index (χ3n) is 3.53. The van der Waals surface area contributed by atoms with Gasteiger partial charge in [-0.3, -0.25) is 4.79 Å². The molecule has 0 bridgehead atoms. The normalized spacial score (nSPS) is 18.5. The predicted molar refractivity (Wildman–Crippen MR) is 71.1 cm³/mol. The molecule has 1 heterocycles. The maximum Gasteiger partial charge on any atom is 0.222 e. The Morgan fingerprint density at radius 3 is 2.72 bits per heavy atom. The van der Waals surface area contributed by atoms with Crippen LogP contribution in [0.3, 0.4) is 0 Å². The zero-order chi connectivity index (χ0) is 12.8. The summed E-state index contributed by atoms with van der Waals surface area (Å²) in [6.07, 6.45) is 4.06. The molecule has 0 spiro atoms. The van der Waals surface area contributed by atoms with Crippen molar-refractivity contribution in [2.24, 2.45) is 0 Å². The van der Waals surface area contributed by atoms with Gasteiger partial charge in [0.1, 0.15) is 0 Å². The van der Waals surface area contributed by atoms with Crippen molar-refractivity contribution in [2.75, 3.05) is 13.1 Å². The molecule has 18 heavy (non-hydrogen) atoms. The fourth-order valence-corrected chi connectivity index (χ4v) is 2.39. The lowest BCUT2D eigenvalue weighted by molar-refractivity contribution is -0.131. The van der Waals surface area contributed by atoms with Crippen molar-refractivity contribution in [1.29, 1.82) is 0 Å². The molecule has 1 fully saturated rings. The van der Waals surface area contributed by atoms with Crippen molar-refractivity contribution in [3.05, 3.63) is 35.9 Å². The highest BCUT2D eigenvalue weighted by molar-refractivity contribution is 5.76. The Hall–Kier alpha value is -1.35. The number of benzene rings is 1. The van der Waals surface area contributed by atoms with Gasteiger partial charge in [-0.2, -0.15) is 0 Å². The summed E-state index contributed by atoms with van der Waals surface area (Å²) in [5.74, 6) is 0.243. The van der Waals surface area contributed by atoms with Crippen LogP contribution in [-0.4, -0.2) is 29.0 Å². The number of nitrogens with zero attached hydrogens (tertiary/aromatic N) is 1. The van der Waals surface area contributed by atoms with E-state index in [9.17, 15) is 9.90 Å². The molecule has 2 rings (SSSR count). The standard InChI is InChI=1S/C15H21NO2/c17-14(13-7-3-1-4-8-13)10-12-16-11-6-2-5-9-15(16)18/h1,3-4,7-8,14,17H,2,5-6,9-12H2. The molecular weight excluding hydrogens is 226 g/mol. The van der Waals surface area contributed by atoms with Crippen LogP contribution in [0.15, 0.2) is 30.3 Å². The molecule has 3 heteroatoms. The number of aliphatic hydroxyl groups is 1. The molecule has 1 atom stereocenters. The lowest BCUT2D eigenvalue weighted by Gasteiger charge is -2.22. The molecule has 1 aliphatic heterocycles. The smallest absolute Gasteiger partial charge is 0.222 e. The Balaban J connectivity index is 1.85. The fourth-order valence-electron chi connectivity index (χ4n) is 2.39. The van der Waals surface area contributed by atoms with Gasteiger partial charge >= 0.3 is 0 Å². The van der Waals surface area contributed by atoms with Gasteiger partial charge in [0.05, 0.1) is 6.10 Å². The van der Waals surface area contributed by atoms with Crippen molar-refractivity contribution in [3.8, 4) is 0 Å². The minimum absolute atomic E-state index is 0.243. The van der Waals surface area contributed by atoms with Gasteiger partial charge in [0.15, 0.2) is 0 Å². The number of likely N-dealkylation sites (tertiary alicyclic amines) is 1. The van der Waals surface area contributed by atoms with Crippen molar-refractivity contribution in [2.45, 2.75) is 38.2 Å². The molecule has 0 radical (unpaired) electrons. The van der Waals surface area contributed by atoms with E-state index in [0.29, 0.717) is 19.4 Å². The van der Waals surface area contributed by atoms with Crippen LogP contribution in [0.1, 0.15) is 43.8 Å². The van der Waals surface area contributed by atoms with Gasteiger partial charge < -0.3 is 10.0 Å². The fraction of sp³-hybridized carbons (Fsp3) is 0.533. The van der Waals surface area contributed by atoms with E-state index >= 15 is 0 Å². The van der Waals surface area contributed by atoms with Gasteiger partial charge in [0.2, 0.25) is 5.91 Å². The van der Waals surface area contributed by atoms with Crippen molar-refractivity contribution in [3.63, 3.8) is 0 Å². The maximum atomic E-state index is 11.8. The molecule has 1 N–H and O–H groups in total. The van der Waals surface area contributed by atoms with Gasteiger partial charge in [0, 0.05) is 19.5 Å². The minimum Gasteiger partial charge on any atom is -0.388 e. The van der Waals surface area contributed by atoms with Crippen LogP contribution in [0.4, 0.5) is 0 Å². The highest BCUT2D eigenvalue weighted by atomic mass is 16.3.